The Labute approximate surface area is 114 Å². The topological polar surface area (TPSA) is 32.3 Å². The molecule has 1 aliphatic carbocycles. The number of hydrogen-bond donors (Lipinski definition) is 2. The summed E-state index contributed by atoms with van der Waals surface area (Å²) in [4.78, 5) is 1.34. The minimum atomic E-state index is -0.0253. The van der Waals surface area contributed by atoms with Crippen LogP contribution in [0, 0.1) is 0 Å². The molecule has 0 aromatic heterocycles. The molecule has 2 unspecified atom stereocenters. The number of rotatable bonds is 6. The Balaban J connectivity index is 1.90. The van der Waals surface area contributed by atoms with Gasteiger partial charge in [0, 0.05) is 15.7 Å². The van der Waals surface area contributed by atoms with Gasteiger partial charge in [0.25, 0.3) is 0 Å². The molecule has 100 valence electrons. The lowest BCUT2D eigenvalue weighted by Crippen LogP contribution is -2.46. The van der Waals surface area contributed by atoms with Gasteiger partial charge in [-0.3, -0.25) is 0 Å². The lowest BCUT2D eigenvalue weighted by molar-refractivity contribution is 0.165. The lowest BCUT2D eigenvalue weighted by atomic mass is 9.99. The van der Waals surface area contributed by atoms with Crippen molar-refractivity contribution in [2.75, 3.05) is 13.2 Å². The Morgan fingerprint density at radius 1 is 1.39 bits per heavy atom. The van der Waals surface area contributed by atoms with Crippen molar-refractivity contribution in [3.63, 3.8) is 0 Å². The summed E-state index contributed by atoms with van der Waals surface area (Å²) in [5, 5.41) is 13.8. The summed E-state index contributed by atoms with van der Waals surface area (Å²) in [6.45, 7) is 3.44. The predicted molar refractivity (Wildman–Crippen MR) is 78.0 cm³/mol. The van der Waals surface area contributed by atoms with Crippen molar-refractivity contribution in [3.8, 4) is 0 Å². The third-order valence-corrected chi connectivity index (χ3v) is 4.94. The third kappa shape index (κ3) is 3.50. The molecular weight excluding hydrogens is 242 g/mol. The fourth-order valence-corrected chi connectivity index (χ4v) is 3.96. The molecule has 0 aliphatic heterocycles. The van der Waals surface area contributed by atoms with Crippen molar-refractivity contribution in [1.29, 1.82) is 0 Å². The van der Waals surface area contributed by atoms with Gasteiger partial charge in [0.1, 0.15) is 0 Å². The molecule has 0 heterocycles. The zero-order chi connectivity index (χ0) is 12.8. The van der Waals surface area contributed by atoms with Crippen molar-refractivity contribution in [3.05, 3.63) is 30.3 Å². The lowest BCUT2D eigenvalue weighted by Gasteiger charge is -2.28. The van der Waals surface area contributed by atoms with Gasteiger partial charge in [0.2, 0.25) is 0 Å². The van der Waals surface area contributed by atoms with E-state index in [2.05, 4.69) is 42.6 Å². The minimum Gasteiger partial charge on any atom is -0.394 e. The van der Waals surface area contributed by atoms with Crippen LogP contribution in [0.25, 0.3) is 0 Å². The molecule has 18 heavy (non-hydrogen) atoms. The first-order chi connectivity index (χ1) is 8.78. The van der Waals surface area contributed by atoms with Gasteiger partial charge in [-0.1, -0.05) is 25.1 Å². The molecular formula is C15H23NOS. The van der Waals surface area contributed by atoms with Crippen molar-refractivity contribution in [2.45, 2.75) is 48.3 Å². The maximum atomic E-state index is 9.66. The van der Waals surface area contributed by atoms with E-state index in [0.717, 1.165) is 25.8 Å². The summed E-state index contributed by atoms with van der Waals surface area (Å²) >= 11 is 1.95. The Morgan fingerprint density at radius 2 is 2.17 bits per heavy atom. The van der Waals surface area contributed by atoms with Crippen LogP contribution >= 0.6 is 11.8 Å². The first-order valence-electron chi connectivity index (χ1n) is 6.85. The van der Waals surface area contributed by atoms with Gasteiger partial charge in [0.05, 0.1) is 6.61 Å². The zero-order valence-corrected chi connectivity index (χ0v) is 11.9. The summed E-state index contributed by atoms with van der Waals surface area (Å²) < 4.78 is 0. The molecule has 1 aromatic carbocycles. The molecule has 0 radical (unpaired) electrons. The van der Waals surface area contributed by atoms with E-state index in [1.165, 1.54) is 11.3 Å². The van der Waals surface area contributed by atoms with Crippen LogP contribution in [-0.4, -0.2) is 29.0 Å². The Hall–Kier alpha value is -0.510. The van der Waals surface area contributed by atoms with Crippen molar-refractivity contribution < 1.29 is 5.11 Å². The monoisotopic (exact) mass is 265 g/mol. The smallest absolute Gasteiger partial charge is 0.0613 e. The number of thioether (sulfide) groups is 1. The number of hydrogen-bond acceptors (Lipinski definition) is 3. The van der Waals surface area contributed by atoms with Gasteiger partial charge >= 0.3 is 0 Å². The van der Waals surface area contributed by atoms with Crippen LogP contribution in [0.3, 0.4) is 0 Å². The van der Waals surface area contributed by atoms with Crippen LogP contribution in [-0.2, 0) is 0 Å². The van der Waals surface area contributed by atoms with Crippen molar-refractivity contribution >= 4 is 11.8 Å². The second-order valence-electron chi connectivity index (χ2n) is 5.16. The van der Waals surface area contributed by atoms with Gasteiger partial charge in [0.15, 0.2) is 0 Å². The van der Waals surface area contributed by atoms with E-state index >= 15 is 0 Å². The zero-order valence-electron chi connectivity index (χ0n) is 11.1. The van der Waals surface area contributed by atoms with E-state index in [1.807, 2.05) is 11.8 Å². The number of benzene rings is 1. The van der Waals surface area contributed by atoms with Gasteiger partial charge < -0.3 is 10.4 Å². The average Bonchev–Trinajstić information content (AvgIpc) is 2.82. The molecule has 0 spiro atoms. The predicted octanol–water partition coefficient (Wildman–Crippen LogP) is 3.06. The molecule has 3 heteroatoms. The van der Waals surface area contributed by atoms with E-state index in [-0.39, 0.29) is 12.1 Å². The first-order valence-corrected chi connectivity index (χ1v) is 7.73. The largest absolute Gasteiger partial charge is 0.394 e. The quantitative estimate of drug-likeness (QED) is 0.829. The van der Waals surface area contributed by atoms with Crippen LogP contribution in [0.5, 0.6) is 0 Å². The summed E-state index contributed by atoms with van der Waals surface area (Å²) in [5.41, 5.74) is -0.0253. The van der Waals surface area contributed by atoms with Gasteiger partial charge in [-0.05, 0) is 44.4 Å². The maximum absolute atomic E-state index is 9.66. The summed E-state index contributed by atoms with van der Waals surface area (Å²) in [6, 6.07) is 10.6. The van der Waals surface area contributed by atoms with Gasteiger partial charge in [-0.2, -0.15) is 0 Å². The molecule has 2 N–H and O–H groups in total. The van der Waals surface area contributed by atoms with E-state index in [4.69, 9.17) is 0 Å². The van der Waals surface area contributed by atoms with Crippen LogP contribution in [0.2, 0.25) is 0 Å². The Kier molecular flexibility index (Phi) is 5.10. The highest BCUT2D eigenvalue weighted by molar-refractivity contribution is 8.00. The highest BCUT2D eigenvalue weighted by Gasteiger charge is 2.38. The summed E-state index contributed by atoms with van der Waals surface area (Å²) in [5.74, 6) is 0. The average molecular weight is 265 g/mol. The third-order valence-electron chi connectivity index (χ3n) is 3.66. The number of aliphatic hydroxyl groups is 1. The van der Waals surface area contributed by atoms with Crippen LogP contribution in [0.4, 0.5) is 0 Å². The highest BCUT2D eigenvalue weighted by atomic mass is 32.2. The van der Waals surface area contributed by atoms with Crippen molar-refractivity contribution in [2.24, 2.45) is 0 Å². The van der Waals surface area contributed by atoms with E-state index < -0.39 is 0 Å². The fraction of sp³-hybridized carbons (Fsp3) is 0.600. The fourth-order valence-electron chi connectivity index (χ4n) is 2.62. The highest BCUT2D eigenvalue weighted by Crippen LogP contribution is 2.39. The molecule has 0 bridgehead atoms. The summed E-state index contributed by atoms with van der Waals surface area (Å²) in [7, 11) is 0. The molecule has 2 nitrogen and oxygen atoms in total. The van der Waals surface area contributed by atoms with E-state index in [0.29, 0.717) is 5.25 Å². The Bertz CT molecular complexity index is 357. The molecule has 2 rings (SSSR count). The van der Waals surface area contributed by atoms with Gasteiger partial charge in [-0.15, -0.1) is 11.8 Å². The number of nitrogens with one attached hydrogen (secondary N) is 1. The molecule has 1 aromatic rings. The second-order valence-corrected chi connectivity index (χ2v) is 6.53. The molecule has 2 atom stereocenters. The van der Waals surface area contributed by atoms with Crippen LogP contribution in [0.1, 0.15) is 32.6 Å². The normalized spacial score (nSPS) is 27.6. The van der Waals surface area contributed by atoms with Crippen molar-refractivity contribution in [1.82, 2.24) is 5.32 Å². The van der Waals surface area contributed by atoms with Gasteiger partial charge in [-0.25, -0.2) is 0 Å². The molecule has 1 saturated carbocycles. The van der Waals surface area contributed by atoms with E-state index in [9.17, 15) is 5.11 Å². The standard InChI is InChI=1S/C15H23NOS/c1-2-10-16-15(12-17)9-8-14(11-15)18-13-6-4-3-5-7-13/h3-7,14,16-17H,2,8-12H2,1H3. The van der Waals surface area contributed by atoms with Crippen LogP contribution < -0.4 is 5.32 Å². The molecule has 1 fully saturated rings. The molecule has 1 aliphatic rings. The van der Waals surface area contributed by atoms with Crippen LogP contribution in [0.15, 0.2) is 35.2 Å². The Morgan fingerprint density at radius 3 is 2.83 bits per heavy atom. The number of aliphatic hydroxyl groups excluding tert-OH is 1. The van der Waals surface area contributed by atoms with E-state index in [1.54, 1.807) is 0 Å². The molecule has 0 amide bonds. The SMILES string of the molecule is CCCNC1(CO)CCC(Sc2ccccc2)C1. The maximum Gasteiger partial charge on any atom is 0.0613 e. The minimum absolute atomic E-state index is 0.0253. The molecule has 0 saturated heterocycles. The summed E-state index contributed by atoms with van der Waals surface area (Å²) in [6.07, 6.45) is 4.48. The second kappa shape index (κ2) is 6.60. The first kappa shape index (κ1) is 13.9.